The molecule has 0 radical (unpaired) electrons. The number of hydrogen-bond donors (Lipinski definition) is 0. The van der Waals surface area contributed by atoms with Crippen LogP contribution in [0.15, 0.2) is 18.2 Å². The number of thiazole rings is 1. The molecular weight excluding hydrogens is 638 g/mol. The highest BCUT2D eigenvalue weighted by atomic mass is 127. The summed E-state index contributed by atoms with van der Waals surface area (Å²) in [6.45, 7) is 12.5. The predicted octanol–water partition coefficient (Wildman–Crippen LogP) is 7.09. The summed E-state index contributed by atoms with van der Waals surface area (Å²) in [5.74, 6) is 2.39. The molecule has 1 heterocycles. The molecule has 208 valence electrons. The van der Waals surface area contributed by atoms with Crippen molar-refractivity contribution in [3.8, 4) is 17.2 Å². The zero-order chi connectivity index (χ0) is 28.5. The topological polar surface area (TPSA) is 78.0 Å². The van der Waals surface area contributed by atoms with E-state index in [0.29, 0.717) is 42.2 Å². The first kappa shape index (κ1) is 32.0. The summed E-state index contributed by atoms with van der Waals surface area (Å²) in [6, 6.07) is 4.77. The van der Waals surface area contributed by atoms with Crippen molar-refractivity contribution in [3.63, 3.8) is 0 Å². The van der Waals surface area contributed by atoms with Crippen molar-refractivity contribution in [2.75, 3.05) is 25.2 Å². The van der Waals surface area contributed by atoms with Crippen molar-refractivity contribution in [1.29, 1.82) is 0 Å². The van der Waals surface area contributed by atoms with Gasteiger partial charge in [-0.2, -0.15) is 0 Å². The summed E-state index contributed by atoms with van der Waals surface area (Å²) >= 11 is 3.27. The van der Waals surface area contributed by atoms with Crippen molar-refractivity contribution in [2.24, 2.45) is 0 Å². The lowest BCUT2D eigenvalue weighted by Gasteiger charge is -2.25. The van der Waals surface area contributed by atoms with Crippen LogP contribution in [0.1, 0.15) is 55.4 Å². The van der Waals surface area contributed by atoms with Crippen LogP contribution in [0, 0.1) is 20.9 Å². The first-order chi connectivity index (χ1) is 17.7. The molecule has 2 rings (SSSR count). The Labute approximate surface area is 243 Å². The van der Waals surface area contributed by atoms with Crippen molar-refractivity contribution >= 4 is 59.2 Å². The number of ether oxygens (including phenoxy) is 3. The van der Waals surface area contributed by atoms with Gasteiger partial charge in [0, 0.05) is 21.4 Å². The number of hydrogen-bond acceptors (Lipinski definition) is 7. The van der Waals surface area contributed by atoms with E-state index in [1.807, 2.05) is 22.6 Å². The van der Waals surface area contributed by atoms with E-state index in [2.05, 4.69) is 36.1 Å². The van der Waals surface area contributed by atoms with Gasteiger partial charge in [-0.15, -0.1) is 22.8 Å². The molecule has 0 saturated carbocycles. The minimum Gasteiger partial charge on any atom is -0.491 e. The predicted molar refractivity (Wildman–Crippen MR) is 160 cm³/mol. The number of aryl methyl sites for hydroxylation is 1. The molecule has 0 aliphatic carbocycles. The molecule has 7 nitrogen and oxygen atoms in total. The fourth-order valence-electron chi connectivity index (χ4n) is 3.12. The van der Waals surface area contributed by atoms with Crippen LogP contribution >= 0.6 is 33.9 Å². The smallest absolute Gasteiger partial charge is 0.416 e. The number of methoxy groups -OCH3 is 1. The molecule has 1 aromatic heterocycles. The average molecular weight is 675 g/mol. The number of carbonyl (C=O) groups excluding carboxylic acids is 2. The van der Waals surface area contributed by atoms with Gasteiger partial charge in [-0.05, 0) is 80.8 Å². The van der Waals surface area contributed by atoms with Crippen LogP contribution in [-0.4, -0.2) is 51.0 Å². The summed E-state index contributed by atoms with van der Waals surface area (Å²) in [5, 5.41) is 0.359. The van der Waals surface area contributed by atoms with E-state index in [0.717, 1.165) is 3.57 Å². The third-order valence-corrected chi connectivity index (χ3v) is 7.49. The monoisotopic (exact) mass is 674 g/mol. The standard InChI is InChI=1S/C27H36FIN2O5SSi/c1-27(2,3)36-26(33)31(15-9-8-10-17-38(5,6)7)25-30-23(24(32)34-4)22(37-25)12-11-16-35-21-14-13-19(29)18-20(21)28/h13-14,18H,8-9,11-12,15-16H2,1-7H3. The van der Waals surface area contributed by atoms with Gasteiger partial charge in [-0.25, -0.2) is 19.0 Å². The summed E-state index contributed by atoms with van der Waals surface area (Å²) in [6.07, 6.45) is 1.69. The second-order valence-electron chi connectivity index (χ2n) is 10.6. The third kappa shape index (κ3) is 10.9. The lowest BCUT2D eigenvalue weighted by Crippen LogP contribution is -2.37. The highest BCUT2D eigenvalue weighted by Gasteiger charge is 2.28. The molecule has 0 aliphatic rings. The Kier molecular flexibility index (Phi) is 12.0. The van der Waals surface area contributed by atoms with E-state index >= 15 is 0 Å². The Hall–Kier alpha value is -2.17. The van der Waals surface area contributed by atoms with Crippen molar-refractivity contribution in [2.45, 2.75) is 71.7 Å². The first-order valence-corrected chi connectivity index (χ1v) is 17.8. The van der Waals surface area contributed by atoms with Gasteiger partial charge in [0.25, 0.3) is 0 Å². The Morgan fingerprint density at radius 2 is 1.92 bits per heavy atom. The second kappa shape index (κ2) is 14.3. The summed E-state index contributed by atoms with van der Waals surface area (Å²) in [7, 11) is -0.188. The van der Waals surface area contributed by atoms with Crippen LogP contribution in [0.25, 0.3) is 0 Å². The van der Waals surface area contributed by atoms with Crippen LogP contribution in [0.2, 0.25) is 19.6 Å². The number of nitrogens with zero attached hydrogens (tertiary/aromatic N) is 2. The number of carbonyl (C=O) groups is 2. The highest BCUT2D eigenvalue weighted by Crippen LogP contribution is 2.30. The fraction of sp³-hybridized carbons (Fsp3) is 0.519. The molecule has 0 saturated heterocycles. The van der Waals surface area contributed by atoms with Gasteiger partial charge in [0.05, 0.1) is 13.7 Å². The highest BCUT2D eigenvalue weighted by molar-refractivity contribution is 14.1. The van der Waals surface area contributed by atoms with Crippen LogP contribution in [0.3, 0.4) is 0 Å². The molecule has 38 heavy (non-hydrogen) atoms. The van der Waals surface area contributed by atoms with Gasteiger partial charge in [-0.1, -0.05) is 19.6 Å². The molecular formula is C27H36FIN2O5SSi. The number of rotatable bonds is 10. The van der Waals surface area contributed by atoms with E-state index in [1.54, 1.807) is 32.9 Å². The first-order valence-electron chi connectivity index (χ1n) is 12.4. The summed E-state index contributed by atoms with van der Waals surface area (Å²) in [4.78, 5) is 32.2. The number of unbranched alkanes of at least 4 members (excludes halogenated alkanes) is 1. The molecule has 0 fully saturated rings. The minimum atomic E-state index is -1.48. The van der Waals surface area contributed by atoms with Gasteiger partial charge in [0.2, 0.25) is 0 Å². The zero-order valence-electron chi connectivity index (χ0n) is 23.1. The normalized spacial score (nSPS) is 11.4. The maximum Gasteiger partial charge on any atom is 0.416 e. The maximum absolute atomic E-state index is 14.1. The molecule has 1 amide bonds. The van der Waals surface area contributed by atoms with E-state index in [9.17, 15) is 14.0 Å². The van der Waals surface area contributed by atoms with Crippen LogP contribution in [0.5, 0.6) is 5.75 Å². The Morgan fingerprint density at radius 1 is 1.21 bits per heavy atom. The van der Waals surface area contributed by atoms with Crippen LogP contribution in [0.4, 0.5) is 14.3 Å². The van der Waals surface area contributed by atoms with Gasteiger partial charge in [0.1, 0.15) is 13.7 Å². The molecule has 11 heteroatoms. The van der Waals surface area contributed by atoms with E-state index in [4.69, 9.17) is 14.2 Å². The third-order valence-electron chi connectivity index (χ3n) is 4.76. The number of halogens is 2. The van der Waals surface area contributed by atoms with Crippen LogP contribution in [-0.2, 0) is 15.9 Å². The number of amides is 1. The molecule has 0 spiro atoms. The van der Waals surface area contributed by atoms with E-state index < -0.39 is 31.6 Å². The quantitative estimate of drug-likeness (QED) is 0.0881. The number of benzene rings is 1. The number of esters is 1. The van der Waals surface area contributed by atoms with Crippen molar-refractivity contribution in [3.05, 3.63) is 38.2 Å². The van der Waals surface area contributed by atoms with Crippen molar-refractivity contribution < 1.29 is 28.2 Å². The van der Waals surface area contributed by atoms with Gasteiger partial charge >= 0.3 is 12.1 Å². The van der Waals surface area contributed by atoms with Gasteiger partial charge in [-0.3, -0.25) is 4.90 Å². The lowest BCUT2D eigenvalue weighted by atomic mass is 10.2. The van der Waals surface area contributed by atoms with Crippen LogP contribution < -0.4 is 9.64 Å². The number of aromatic nitrogens is 1. The molecule has 2 aromatic rings. The van der Waals surface area contributed by atoms with E-state index in [-0.39, 0.29) is 18.1 Å². The fourth-order valence-corrected chi connectivity index (χ4v) is 5.34. The Bertz CT molecular complexity index is 1180. The van der Waals surface area contributed by atoms with Gasteiger partial charge < -0.3 is 14.2 Å². The van der Waals surface area contributed by atoms with E-state index in [1.165, 1.54) is 29.4 Å². The number of anilines is 1. The SMILES string of the molecule is COC(=O)c1nc(N(CCCC#C[Si](C)(C)C)C(=O)OC(C)(C)C)sc1CCCOc1ccc(I)cc1F. The van der Waals surface area contributed by atoms with Crippen molar-refractivity contribution in [1.82, 2.24) is 4.98 Å². The second-order valence-corrected chi connectivity index (χ2v) is 17.6. The molecule has 1 aromatic carbocycles. The molecule has 0 aliphatic heterocycles. The lowest BCUT2D eigenvalue weighted by molar-refractivity contribution is 0.0569. The average Bonchev–Trinajstić information content (AvgIpc) is 3.21. The largest absolute Gasteiger partial charge is 0.491 e. The Morgan fingerprint density at radius 3 is 2.53 bits per heavy atom. The van der Waals surface area contributed by atoms with Gasteiger partial charge in [0.15, 0.2) is 22.4 Å². The maximum atomic E-state index is 14.1. The minimum absolute atomic E-state index is 0.153. The molecule has 0 atom stereocenters. The summed E-state index contributed by atoms with van der Waals surface area (Å²) in [5.41, 5.74) is 2.79. The molecule has 0 bridgehead atoms. The zero-order valence-corrected chi connectivity index (χ0v) is 27.0. The molecule has 0 unspecified atom stereocenters. The summed E-state index contributed by atoms with van der Waals surface area (Å²) < 4.78 is 31.0. The molecule has 0 N–H and O–H groups in total. The Balaban J connectivity index is 2.20.